The van der Waals surface area contributed by atoms with E-state index in [-0.39, 0.29) is 84.3 Å². The maximum atomic E-state index is 13.0. The highest BCUT2D eigenvalue weighted by atomic mass is 16.5. The average Bonchev–Trinajstić information content (AvgIpc) is 3.19. The molecular formula is C49H76O9. The largest absolute Gasteiger partial charge is 0.469 e. The first-order valence-corrected chi connectivity index (χ1v) is 22.2. The van der Waals surface area contributed by atoms with Crippen LogP contribution >= 0.6 is 0 Å². The number of aliphatic hydroxyl groups excluding tert-OH is 1. The van der Waals surface area contributed by atoms with Crippen LogP contribution in [0.4, 0.5) is 0 Å². The van der Waals surface area contributed by atoms with Gasteiger partial charge in [-0.05, 0) is 156 Å². The van der Waals surface area contributed by atoms with Crippen LogP contribution in [0.3, 0.4) is 0 Å². The second-order valence-electron chi connectivity index (χ2n) is 19.3. The molecule has 9 heteroatoms. The Morgan fingerprint density at radius 2 is 1.05 bits per heavy atom. The van der Waals surface area contributed by atoms with E-state index in [0.29, 0.717) is 25.0 Å². The highest BCUT2D eigenvalue weighted by Crippen LogP contribution is 2.63. The SMILES string of the molecule is COC(=O)CCC(=O)OCC1CCC2(C)C(C)=CCCC2C1(C)CCC(C)=CCOC(=O)CCC(=O)OCC1CCC2(C)C(C)=CCCC2C1(C)CCC(C)=CCO. The van der Waals surface area contributed by atoms with E-state index in [0.717, 1.165) is 82.6 Å². The van der Waals surface area contributed by atoms with Crippen LogP contribution in [-0.2, 0) is 38.1 Å². The summed E-state index contributed by atoms with van der Waals surface area (Å²) in [5, 5.41) is 9.45. The second-order valence-corrected chi connectivity index (χ2v) is 19.3. The Labute approximate surface area is 349 Å². The molecular weight excluding hydrogens is 733 g/mol. The molecule has 2 fully saturated rings. The summed E-state index contributed by atoms with van der Waals surface area (Å²) >= 11 is 0. The van der Waals surface area contributed by atoms with Crippen LogP contribution in [0.15, 0.2) is 46.6 Å². The van der Waals surface area contributed by atoms with Crippen LogP contribution in [-0.4, -0.2) is 62.5 Å². The number of ether oxygens (including phenoxy) is 4. The lowest BCUT2D eigenvalue weighted by molar-refractivity contribution is -0.154. The molecule has 2 saturated carbocycles. The van der Waals surface area contributed by atoms with Crippen LogP contribution in [0.5, 0.6) is 0 Å². The van der Waals surface area contributed by atoms with Gasteiger partial charge < -0.3 is 24.1 Å². The van der Waals surface area contributed by atoms with Gasteiger partial charge in [-0.25, -0.2) is 0 Å². The van der Waals surface area contributed by atoms with Crippen molar-refractivity contribution in [3.63, 3.8) is 0 Å². The molecule has 1 N–H and O–H groups in total. The summed E-state index contributed by atoms with van der Waals surface area (Å²) in [5.41, 5.74) is 5.42. The van der Waals surface area contributed by atoms with Crippen molar-refractivity contribution in [1.82, 2.24) is 0 Å². The smallest absolute Gasteiger partial charge is 0.306 e. The van der Waals surface area contributed by atoms with E-state index in [1.807, 2.05) is 12.2 Å². The molecule has 4 aliphatic carbocycles. The van der Waals surface area contributed by atoms with Crippen molar-refractivity contribution in [3.8, 4) is 0 Å². The second kappa shape index (κ2) is 20.9. The van der Waals surface area contributed by atoms with Crippen molar-refractivity contribution in [2.45, 2.75) is 158 Å². The first kappa shape index (κ1) is 47.5. The Hall–Kier alpha value is -3.20. The van der Waals surface area contributed by atoms with Gasteiger partial charge in [-0.2, -0.15) is 0 Å². The topological polar surface area (TPSA) is 125 Å². The van der Waals surface area contributed by atoms with Crippen molar-refractivity contribution in [2.75, 3.05) is 33.5 Å². The number of carbonyl (C=O) groups excluding carboxylic acids is 4. The van der Waals surface area contributed by atoms with Crippen LogP contribution < -0.4 is 0 Å². The van der Waals surface area contributed by atoms with Gasteiger partial charge in [-0.3, -0.25) is 19.2 Å². The number of hydrogen-bond acceptors (Lipinski definition) is 9. The summed E-state index contributed by atoms with van der Waals surface area (Å²) in [4.78, 5) is 49.9. The predicted octanol–water partition coefficient (Wildman–Crippen LogP) is 10.4. The van der Waals surface area contributed by atoms with Gasteiger partial charge in [-0.1, -0.05) is 68.2 Å². The molecule has 0 spiro atoms. The molecule has 9 nitrogen and oxygen atoms in total. The number of rotatable bonds is 19. The summed E-state index contributed by atoms with van der Waals surface area (Å²) < 4.78 is 21.9. The van der Waals surface area contributed by atoms with Gasteiger partial charge >= 0.3 is 23.9 Å². The molecule has 0 aromatic carbocycles. The van der Waals surface area contributed by atoms with Crippen molar-refractivity contribution in [3.05, 3.63) is 46.6 Å². The maximum Gasteiger partial charge on any atom is 0.306 e. The van der Waals surface area contributed by atoms with Gasteiger partial charge in [0.1, 0.15) is 6.61 Å². The predicted molar refractivity (Wildman–Crippen MR) is 227 cm³/mol. The monoisotopic (exact) mass is 809 g/mol. The third-order valence-electron chi connectivity index (χ3n) is 16.1. The zero-order valence-electron chi connectivity index (χ0n) is 37.5. The molecule has 0 heterocycles. The maximum absolute atomic E-state index is 13.0. The van der Waals surface area contributed by atoms with Crippen molar-refractivity contribution in [1.29, 1.82) is 0 Å². The lowest BCUT2D eigenvalue weighted by Gasteiger charge is -2.58. The Kier molecular flexibility index (Phi) is 17.1. The van der Waals surface area contributed by atoms with Crippen LogP contribution in [0, 0.1) is 45.3 Å². The quantitative estimate of drug-likeness (QED) is 0.0771. The molecule has 0 bridgehead atoms. The molecule has 0 saturated heterocycles. The Morgan fingerprint density at radius 1 is 0.638 bits per heavy atom. The lowest BCUT2D eigenvalue weighted by Crippen LogP contribution is -2.51. The average molecular weight is 809 g/mol. The number of hydrogen-bond donors (Lipinski definition) is 1. The Balaban J connectivity index is 1.27. The first-order chi connectivity index (χ1) is 27.4. The minimum atomic E-state index is -0.418. The minimum Gasteiger partial charge on any atom is -0.469 e. The molecule has 4 aliphatic rings. The number of aliphatic hydroxyl groups is 1. The normalized spacial score (nSPS) is 32.5. The molecule has 8 atom stereocenters. The van der Waals surface area contributed by atoms with E-state index < -0.39 is 11.9 Å². The van der Waals surface area contributed by atoms with Gasteiger partial charge in [0, 0.05) is 0 Å². The number of allylic oxidation sites excluding steroid dienone is 6. The van der Waals surface area contributed by atoms with E-state index in [9.17, 15) is 24.3 Å². The third-order valence-corrected chi connectivity index (χ3v) is 16.1. The fraction of sp³-hybridized carbons (Fsp3) is 0.755. The Bertz CT molecular complexity index is 1590. The number of fused-ring (bicyclic) bond motifs is 2. The Morgan fingerprint density at radius 3 is 1.48 bits per heavy atom. The molecule has 0 aromatic heterocycles. The first-order valence-electron chi connectivity index (χ1n) is 22.2. The van der Waals surface area contributed by atoms with E-state index in [2.05, 4.69) is 72.3 Å². The molecule has 58 heavy (non-hydrogen) atoms. The zero-order valence-corrected chi connectivity index (χ0v) is 37.5. The zero-order chi connectivity index (χ0) is 42.7. The summed E-state index contributed by atoms with van der Waals surface area (Å²) in [5.74, 6) is -0.194. The molecule has 326 valence electrons. The van der Waals surface area contributed by atoms with Gasteiger partial charge in [0.25, 0.3) is 0 Å². The highest BCUT2D eigenvalue weighted by Gasteiger charge is 2.55. The van der Waals surface area contributed by atoms with Crippen molar-refractivity contribution in [2.24, 2.45) is 45.3 Å². The molecule has 8 unspecified atom stereocenters. The molecule has 0 aromatic rings. The lowest BCUT2D eigenvalue weighted by atomic mass is 9.46. The standard InChI is InChI=1S/C49H76O9/c1-34(24-30-50)20-26-48(7)38(22-28-46(5)36(3)12-10-14-40(46)48)33-58-45(54)19-18-43(52)56-31-25-35(2)21-27-49(8)39(32-57-44(53)17-16-42(51)55-9)23-29-47(6)37(4)13-11-15-41(47)49/h12-13,24-25,38-41,50H,10-11,14-23,26-33H2,1-9H3. The number of methoxy groups -OCH3 is 1. The molecule has 0 radical (unpaired) electrons. The molecule has 0 aliphatic heterocycles. The van der Waals surface area contributed by atoms with E-state index in [4.69, 9.17) is 14.2 Å². The van der Waals surface area contributed by atoms with E-state index in [1.54, 1.807) is 0 Å². The highest BCUT2D eigenvalue weighted by molar-refractivity contribution is 5.78. The minimum absolute atomic E-state index is 0.00662. The summed E-state index contributed by atoms with van der Waals surface area (Å²) in [7, 11) is 1.32. The van der Waals surface area contributed by atoms with E-state index in [1.165, 1.54) is 23.8 Å². The summed E-state index contributed by atoms with van der Waals surface area (Å²) in [6.07, 6.45) is 20.7. The molecule has 0 amide bonds. The van der Waals surface area contributed by atoms with Crippen molar-refractivity contribution >= 4 is 23.9 Å². The summed E-state index contributed by atoms with van der Waals surface area (Å²) in [6, 6.07) is 0. The molecule has 4 rings (SSSR count). The van der Waals surface area contributed by atoms with Crippen LogP contribution in [0.25, 0.3) is 0 Å². The number of carbonyl (C=O) groups is 4. The van der Waals surface area contributed by atoms with Crippen LogP contribution in [0.2, 0.25) is 0 Å². The van der Waals surface area contributed by atoms with Gasteiger partial charge in [0.05, 0.1) is 52.6 Å². The van der Waals surface area contributed by atoms with Gasteiger partial charge in [0.2, 0.25) is 0 Å². The number of esters is 4. The third kappa shape index (κ3) is 11.3. The summed E-state index contributed by atoms with van der Waals surface area (Å²) in [6.45, 7) is 19.2. The fourth-order valence-electron chi connectivity index (χ4n) is 11.6. The van der Waals surface area contributed by atoms with Crippen LogP contribution in [0.1, 0.15) is 158 Å². The fourth-order valence-corrected chi connectivity index (χ4v) is 11.6. The van der Waals surface area contributed by atoms with Crippen molar-refractivity contribution < 1.29 is 43.2 Å². The van der Waals surface area contributed by atoms with Gasteiger partial charge in [-0.15, -0.1) is 0 Å². The van der Waals surface area contributed by atoms with E-state index >= 15 is 0 Å². The van der Waals surface area contributed by atoms with Gasteiger partial charge in [0.15, 0.2) is 0 Å².